The summed E-state index contributed by atoms with van der Waals surface area (Å²) in [4.78, 5) is 44.7. The van der Waals surface area contributed by atoms with E-state index in [4.69, 9.17) is 4.74 Å². The molecule has 44 heavy (non-hydrogen) atoms. The van der Waals surface area contributed by atoms with E-state index < -0.39 is 12.1 Å². The minimum atomic E-state index is -0.731. The summed E-state index contributed by atoms with van der Waals surface area (Å²) in [5, 5.41) is 4.96. The molecular weight excluding hydrogens is 550 g/mol. The van der Waals surface area contributed by atoms with Crippen LogP contribution in [0.2, 0.25) is 0 Å². The van der Waals surface area contributed by atoms with E-state index >= 15 is 0 Å². The largest absolute Gasteiger partial charge is 0.489 e. The molecule has 3 amide bonds. The molecule has 1 saturated heterocycles. The molecule has 4 aromatic rings. The first kappa shape index (κ1) is 30.8. The average Bonchev–Trinajstić information content (AvgIpc) is 3.14. The van der Waals surface area contributed by atoms with Gasteiger partial charge in [0.2, 0.25) is 17.7 Å². The van der Waals surface area contributed by atoms with Crippen molar-refractivity contribution in [2.24, 2.45) is 5.92 Å². The number of carbonyl (C=O) groups is 3. The molecule has 1 fully saturated rings. The maximum Gasteiger partial charge on any atom is 0.246 e. The van der Waals surface area contributed by atoms with Crippen molar-refractivity contribution in [1.29, 1.82) is 0 Å². The van der Waals surface area contributed by atoms with Gasteiger partial charge in [-0.05, 0) is 51.9 Å². The van der Waals surface area contributed by atoms with E-state index in [2.05, 4.69) is 31.3 Å². The molecule has 1 aliphatic heterocycles. The molecule has 2 atom stereocenters. The van der Waals surface area contributed by atoms with Gasteiger partial charge < -0.3 is 19.9 Å². The van der Waals surface area contributed by atoms with Crippen molar-refractivity contribution in [3.8, 4) is 5.75 Å². The van der Waals surface area contributed by atoms with Gasteiger partial charge in [0.05, 0.1) is 0 Å². The monoisotopic (exact) mass is 591 g/mol. The van der Waals surface area contributed by atoms with Crippen LogP contribution in [0.3, 0.4) is 0 Å². The number of benzene rings is 4. The summed E-state index contributed by atoms with van der Waals surface area (Å²) in [6.07, 6.45) is 1.01. The van der Waals surface area contributed by atoms with Crippen LogP contribution in [0.1, 0.15) is 43.4 Å². The van der Waals surface area contributed by atoms with E-state index in [9.17, 15) is 14.4 Å². The Kier molecular flexibility index (Phi) is 9.95. The van der Waals surface area contributed by atoms with Crippen LogP contribution in [-0.2, 0) is 34.0 Å². The van der Waals surface area contributed by atoms with Crippen LogP contribution in [0.4, 0.5) is 0 Å². The van der Waals surface area contributed by atoms with E-state index in [1.165, 1.54) is 0 Å². The molecule has 0 aliphatic carbocycles. The molecule has 0 radical (unpaired) electrons. The third-order valence-electron chi connectivity index (χ3n) is 8.19. The van der Waals surface area contributed by atoms with Gasteiger partial charge in [0, 0.05) is 33.0 Å². The van der Waals surface area contributed by atoms with Gasteiger partial charge in [-0.15, -0.1) is 0 Å². The topological polar surface area (TPSA) is 79.0 Å². The van der Waals surface area contributed by atoms with Crippen LogP contribution in [0.15, 0.2) is 97.1 Å². The first-order valence-electron chi connectivity index (χ1n) is 15.4. The van der Waals surface area contributed by atoms with Crippen molar-refractivity contribution >= 4 is 28.5 Å². The van der Waals surface area contributed by atoms with Gasteiger partial charge in [-0.1, -0.05) is 98.8 Å². The van der Waals surface area contributed by atoms with Crippen molar-refractivity contribution in [2.75, 3.05) is 13.6 Å². The molecule has 4 aromatic carbocycles. The summed E-state index contributed by atoms with van der Waals surface area (Å²) < 4.78 is 6.03. The number of likely N-dealkylation sites (N-methyl/N-ethyl adjacent to an activating group) is 1. The normalized spacial score (nSPS) is 16.2. The molecule has 7 nitrogen and oxygen atoms in total. The molecule has 1 aliphatic rings. The Balaban J connectivity index is 1.39. The number of nitrogens with one attached hydrogen (secondary N) is 1. The van der Waals surface area contributed by atoms with Crippen LogP contribution in [0.5, 0.6) is 5.75 Å². The van der Waals surface area contributed by atoms with E-state index in [0.717, 1.165) is 27.5 Å². The van der Waals surface area contributed by atoms with Crippen LogP contribution in [0, 0.1) is 5.92 Å². The van der Waals surface area contributed by atoms with Crippen LogP contribution in [-0.4, -0.2) is 53.2 Å². The first-order valence-corrected chi connectivity index (χ1v) is 15.4. The minimum absolute atomic E-state index is 0.0940. The third-order valence-corrected chi connectivity index (χ3v) is 8.19. The van der Waals surface area contributed by atoms with Crippen molar-refractivity contribution < 1.29 is 19.1 Å². The van der Waals surface area contributed by atoms with Gasteiger partial charge in [-0.2, -0.15) is 0 Å². The Morgan fingerprint density at radius 1 is 0.864 bits per heavy atom. The van der Waals surface area contributed by atoms with Gasteiger partial charge in [0.25, 0.3) is 0 Å². The molecule has 0 aromatic heterocycles. The zero-order valence-corrected chi connectivity index (χ0v) is 25.7. The molecule has 1 heterocycles. The number of fused-ring (bicyclic) bond motifs is 1. The van der Waals surface area contributed by atoms with Crippen LogP contribution in [0.25, 0.3) is 10.8 Å². The summed E-state index contributed by atoms with van der Waals surface area (Å²) in [6, 6.07) is 30.4. The second-order valence-corrected chi connectivity index (χ2v) is 11.9. The maximum atomic E-state index is 14.3. The predicted molar refractivity (Wildman–Crippen MR) is 173 cm³/mol. The highest BCUT2D eigenvalue weighted by Gasteiger charge is 2.41. The van der Waals surface area contributed by atoms with Gasteiger partial charge in [-0.3, -0.25) is 14.4 Å². The lowest BCUT2D eigenvalue weighted by atomic mass is 9.97. The summed E-state index contributed by atoms with van der Waals surface area (Å²) in [5.74, 6) is 0.355. The fourth-order valence-electron chi connectivity index (χ4n) is 5.92. The Hall–Kier alpha value is -4.65. The van der Waals surface area contributed by atoms with Gasteiger partial charge in [0.15, 0.2) is 0 Å². The Bertz CT molecular complexity index is 1600. The number of hydrogen-bond donors (Lipinski definition) is 1. The van der Waals surface area contributed by atoms with Crippen molar-refractivity contribution in [2.45, 2.75) is 58.3 Å². The SMILES string of the molecule is CNC(=O)[C@H](Cc1ccc2ccccc2c1)N1CCC(=O)N(Cc2cccc(OCc3ccccc3)c2)[C@@H](CC(C)C)C1=O. The predicted octanol–water partition coefficient (Wildman–Crippen LogP) is 5.75. The lowest BCUT2D eigenvalue weighted by Gasteiger charge is -2.35. The molecular formula is C37H41N3O4. The van der Waals surface area contributed by atoms with E-state index in [0.29, 0.717) is 25.2 Å². The Morgan fingerprint density at radius 2 is 1.59 bits per heavy atom. The van der Waals surface area contributed by atoms with Gasteiger partial charge in [0.1, 0.15) is 24.4 Å². The molecule has 0 unspecified atom stereocenters. The lowest BCUT2D eigenvalue weighted by molar-refractivity contribution is -0.146. The highest BCUT2D eigenvalue weighted by molar-refractivity contribution is 5.94. The van der Waals surface area contributed by atoms with Crippen molar-refractivity contribution in [3.63, 3.8) is 0 Å². The molecule has 0 bridgehead atoms. The second kappa shape index (κ2) is 14.2. The summed E-state index contributed by atoms with van der Waals surface area (Å²) in [7, 11) is 1.59. The number of hydrogen-bond acceptors (Lipinski definition) is 4. The summed E-state index contributed by atoms with van der Waals surface area (Å²) in [5.41, 5.74) is 2.92. The fraction of sp³-hybridized carbons (Fsp3) is 0.324. The average molecular weight is 592 g/mol. The van der Waals surface area contributed by atoms with E-state index in [1.807, 2.05) is 84.9 Å². The van der Waals surface area contributed by atoms with Crippen LogP contribution < -0.4 is 10.1 Å². The summed E-state index contributed by atoms with van der Waals surface area (Å²) in [6.45, 7) is 5.01. The fourth-order valence-corrected chi connectivity index (χ4v) is 5.92. The molecule has 0 saturated carbocycles. The Labute approximate surface area is 259 Å². The smallest absolute Gasteiger partial charge is 0.246 e. The number of rotatable bonds is 11. The van der Waals surface area contributed by atoms with E-state index in [1.54, 1.807) is 16.8 Å². The van der Waals surface area contributed by atoms with Gasteiger partial charge >= 0.3 is 0 Å². The van der Waals surface area contributed by atoms with Crippen molar-refractivity contribution in [3.05, 3.63) is 114 Å². The molecule has 228 valence electrons. The number of carbonyl (C=O) groups excluding carboxylic acids is 3. The number of nitrogens with zero attached hydrogens (tertiary/aromatic N) is 2. The second-order valence-electron chi connectivity index (χ2n) is 11.9. The quantitative estimate of drug-likeness (QED) is 0.241. The molecule has 5 rings (SSSR count). The first-order chi connectivity index (χ1) is 21.3. The highest BCUT2D eigenvalue weighted by Crippen LogP contribution is 2.26. The zero-order valence-electron chi connectivity index (χ0n) is 25.7. The minimum Gasteiger partial charge on any atom is -0.489 e. The van der Waals surface area contributed by atoms with Crippen molar-refractivity contribution in [1.82, 2.24) is 15.1 Å². The lowest BCUT2D eigenvalue weighted by Crippen LogP contribution is -2.54. The number of amides is 3. The number of ether oxygens (including phenoxy) is 1. The molecule has 1 N–H and O–H groups in total. The van der Waals surface area contributed by atoms with Crippen LogP contribution >= 0.6 is 0 Å². The molecule has 7 heteroatoms. The highest BCUT2D eigenvalue weighted by atomic mass is 16.5. The maximum absolute atomic E-state index is 14.3. The van der Waals surface area contributed by atoms with Gasteiger partial charge in [-0.25, -0.2) is 0 Å². The molecule has 0 spiro atoms. The Morgan fingerprint density at radius 3 is 2.34 bits per heavy atom. The standard InChI is InChI=1S/C37H41N3O4/c1-26(2)20-34-37(43)39(33(36(42)38-3)23-28-16-17-30-13-7-8-14-31(30)21-28)19-18-35(41)40(34)24-29-12-9-15-32(22-29)44-25-27-10-5-4-6-11-27/h4-17,21-22,26,33-34H,18-20,23-25H2,1-3H3,(H,38,42)/t33-,34-/m0/s1. The summed E-state index contributed by atoms with van der Waals surface area (Å²) >= 11 is 0. The third kappa shape index (κ3) is 7.46. The van der Waals surface area contributed by atoms with E-state index in [-0.39, 0.29) is 43.1 Å². The zero-order chi connectivity index (χ0) is 31.1.